The van der Waals surface area contributed by atoms with Crippen LogP contribution in [0.25, 0.3) is 0 Å². The van der Waals surface area contributed by atoms with Crippen LogP contribution in [0.5, 0.6) is 0 Å². The molecule has 3 rings (SSSR count). The number of carbonyl (C=O) groups is 2. The Labute approximate surface area is 120 Å². The average molecular weight is 280 g/mol. The van der Waals surface area contributed by atoms with Crippen LogP contribution in [0.15, 0.2) is 0 Å². The van der Waals surface area contributed by atoms with Crippen molar-refractivity contribution in [3.8, 4) is 0 Å². The van der Waals surface area contributed by atoms with E-state index in [9.17, 15) is 9.59 Å². The number of carbonyl (C=O) groups excluding carboxylic acids is 2. The predicted molar refractivity (Wildman–Crippen MR) is 74.0 cm³/mol. The van der Waals surface area contributed by atoms with Crippen LogP contribution < -0.4 is 5.32 Å². The molecule has 2 aliphatic heterocycles. The van der Waals surface area contributed by atoms with Crippen LogP contribution in [0.4, 0.5) is 0 Å². The lowest BCUT2D eigenvalue weighted by Gasteiger charge is -2.39. The fraction of sp³-hybridized carbons (Fsp3) is 0.867. The van der Waals surface area contributed by atoms with Crippen LogP contribution in [-0.2, 0) is 14.3 Å². The smallest absolute Gasteiger partial charge is 0.246 e. The van der Waals surface area contributed by atoms with Gasteiger partial charge in [-0.3, -0.25) is 9.59 Å². The average Bonchev–Trinajstić information content (AvgIpc) is 3.18. The van der Waals surface area contributed by atoms with Crippen LogP contribution in [0.1, 0.15) is 39.5 Å². The summed E-state index contributed by atoms with van der Waals surface area (Å²) in [4.78, 5) is 26.5. The highest BCUT2D eigenvalue weighted by atomic mass is 16.5. The molecule has 3 fully saturated rings. The molecule has 0 spiro atoms. The molecule has 5 heteroatoms. The van der Waals surface area contributed by atoms with Gasteiger partial charge in [0, 0.05) is 6.61 Å². The first-order chi connectivity index (χ1) is 9.61. The minimum absolute atomic E-state index is 0.0312. The third-order valence-electron chi connectivity index (χ3n) is 4.98. The topological polar surface area (TPSA) is 58.6 Å². The van der Waals surface area contributed by atoms with Gasteiger partial charge in [-0.15, -0.1) is 0 Å². The van der Waals surface area contributed by atoms with Crippen LogP contribution in [0.2, 0.25) is 0 Å². The van der Waals surface area contributed by atoms with Crippen molar-refractivity contribution in [1.29, 1.82) is 0 Å². The second kappa shape index (κ2) is 5.35. The Hall–Kier alpha value is -1.10. The maximum Gasteiger partial charge on any atom is 0.246 e. The number of nitrogens with zero attached hydrogens (tertiary/aromatic N) is 1. The Balaban J connectivity index is 1.77. The molecule has 20 heavy (non-hydrogen) atoms. The first-order valence-electron chi connectivity index (χ1n) is 7.83. The van der Waals surface area contributed by atoms with Gasteiger partial charge >= 0.3 is 0 Å². The Kier molecular flexibility index (Phi) is 3.71. The molecule has 4 atom stereocenters. The molecule has 0 aromatic rings. The maximum atomic E-state index is 12.7. The van der Waals surface area contributed by atoms with Crippen molar-refractivity contribution in [2.75, 3.05) is 13.2 Å². The van der Waals surface area contributed by atoms with Gasteiger partial charge < -0.3 is 15.0 Å². The second-order valence-corrected chi connectivity index (χ2v) is 6.43. The van der Waals surface area contributed by atoms with E-state index in [1.807, 2.05) is 6.92 Å². The van der Waals surface area contributed by atoms with Crippen molar-refractivity contribution >= 4 is 11.8 Å². The number of hydrogen-bond acceptors (Lipinski definition) is 3. The fourth-order valence-corrected chi connectivity index (χ4v) is 3.40. The van der Waals surface area contributed by atoms with Gasteiger partial charge in [-0.05, 0) is 31.1 Å². The van der Waals surface area contributed by atoms with Gasteiger partial charge in [0.1, 0.15) is 12.6 Å². The zero-order valence-electron chi connectivity index (χ0n) is 12.3. The lowest BCUT2D eigenvalue weighted by atomic mass is 9.94. The number of hydrogen-bond donors (Lipinski definition) is 1. The summed E-state index contributed by atoms with van der Waals surface area (Å²) in [5.74, 6) is 0.828. The van der Waals surface area contributed by atoms with E-state index < -0.39 is 0 Å². The predicted octanol–water partition coefficient (Wildman–Crippen LogP) is 0.927. The van der Waals surface area contributed by atoms with Crippen LogP contribution in [0, 0.1) is 11.8 Å². The van der Waals surface area contributed by atoms with Gasteiger partial charge in [-0.25, -0.2) is 0 Å². The summed E-state index contributed by atoms with van der Waals surface area (Å²) in [6.07, 6.45) is 4.31. The number of nitrogens with one attached hydrogen (secondary N) is 1. The molecule has 4 unspecified atom stereocenters. The molecule has 112 valence electrons. The first kappa shape index (κ1) is 13.9. The lowest BCUT2D eigenvalue weighted by molar-refractivity contribution is -0.149. The molecule has 1 saturated carbocycles. The van der Waals surface area contributed by atoms with Gasteiger partial charge in [0.25, 0.3) is 0 Å². The van der Waals surface area contributed by atoms with Gasteiger partial charge in [-0.1, -0.05) is 20.3 Å². The summed E-state index contributed by atoms with van der Waals surface area (Å²) in [7, 11) is 0. The van der Waals surface area contributed by atoms with Crippen molar-refractivity contribution in [2.24, 2.45) is 11.8 Å². The molecule has 0 bridgehead atoms. The number of rotatable bonds is 4. The lowest BCUT2D eigenvalue weighted by Crippen LogP contribution is -2.63. The normalized spacial score (nSPS) is 36.1. The zero-order valence-corrected chi connectivity index (χ0v) is 12.3. The van der Waals surface area contributed by atoms with Gasteiger partial charge in [-0.2, -0.15) is 0 Å². The molecule has 1 aliphatic carbocycles. The molecule has 5 nitrogen and oxygen atoms in total. The Bertz CT molecular complexity index is 408. The largest absolute Gasteiger partial charge is 0.376 e. The monoisotopic (exact) mass is 280 g/mol. The number of amides is 2. The molecule has 2 heterocycles. The zero-order chi connectivity index (χ0) is 14.3. The summed E-state index contributed by atoms with van der Waals surface area (Å²) in [6, 6.07) is -0.255. The Morgan fingerprint density at radius 2 is 2.10 bits per heavy atom. The minimum atomic E-state index is -0.360. The van der Waals surface area contributed by atoms with Crippen molar-refractivity contribution in [3.05, 3.63) is 0 Å². The van der Waals surface area contributed by atoms with E-state index >= 15 is 0 Å². The SMILES string of the molecule is CCC(C)C1NC(=O)CN(C2CCOC2C2CC2)C1=O. The van der Waals surface area contributed by atoms with Crippen molar-refractivity contribution in [1.82, 2.24) is 10.2 Å². The summed E-state index contributed by atoms with van der Waals surface area (Å²) in [5, 5.41) is 2.86. The van der Waals surface area contributed by atoms with Gasteiger partial charge in [0.2, 0.25) is 11.8 Å². The second-order valence-electron chi connectivity index (χ2n) is 6.43. The minimum Gasteiger partial charge on any atom is -0.376 e. The summed E-state index contributed by atoms with van der Waals surface area (Å²) < 4.78 is 5.82. The van der Waals surface area contributed by atoms with E-state index in [1.54, 1.807) is 4.90 Å². The van der Waals surface area contributed by atoms with Crippen molar-refractivity contribution < 1.29 is 14.3 Å². The van der Waals surface area contributed by atoms with Crippen molar-refractivity contribution in [3.63, 3.8) is 0 Å². The molecule has 0 aromatic heterocycles. The summed E-state index contributed by atoms with van der Waals surface area (Å²) in [6.45, 7) is 4.98. The molecule has 1 N–H and O–H groups in total. The third-order valence-corrected chi connectivity index (χ3v) is 4.98. The Morgan fingerprint density at radius 1 is 1.35 bits per heavy atom. The third kappa shape index (κ3) is 2.43. The van der Waals surface area contributed by atoms with E-state index in [2.05, 4.69) is 12.2 Å². The van der Waals surface area contributed by atoms with E-state index in [4.69, 9.17) is 4.74 Å². The van der Waals surface area contributed by atoms with Crippen LogP contribution in [0.3, 0.4) is 0 Å². The van der Waals surface area contributed by atoms with E-state index in [1.165, 1.54) is 12.8 Å². The molecule has 0 radical (unpaired) electrons. The first-order valence-corrected chi connectivity index (χ1v) is 7.83. The highest BCUT2D eigenvalue weighted by Gasteiger charge is 2.47. The van der Waals surface area contributed by atoms with E-state index in [0.29, 0.717) is 12.5 Å². The molecule has 0 aromatic carbocycles. The van der Waals surface area contributed by atoms with Gasteiger partial charge in [0.05, 0.1) is 12.1 Å². The highest BCUT2D eigenvalue weighted by Crippen LogP contribution is 2.40. The number of ether oxygens (including phenoxy) is 1. The summed E-state index contributed by atoms with van der Waals surface area (Å²) >= 11 is 0. The standard InChI is InChI=1S/C15H24N2O3/c1-3-9(2)13-15(19)17(8-12(18)16-13)11-6-7-20-14(11)10-4-5-10/h9-11,13-14H,3-8H2,1-2H3,(H,16,18). The Morgan fingerprint density at radius 3 is 2.75 bits per heavy atom. The van der Waals surface area contributed by atoms with Crippen LogP contribution in [-0.4, -0.2) is 48.1 Å². The maximum absolute atomic E-state index is 12.7. The highest BCUT2D eigenvalue weighted by molar-refractivity contribution is 5.95. The summed E-state index contributed by atoms with van der Waals surface area (Å²) in [5.41, 5.74) is 0. The molecule has 2 amide bonds. The van der Waals surface area contributed by atoms with E-state index in [0.717, 1.165) is 12.8 Å². The molecular weight excluding hydrogens is 256 g/mol. The van der Waals surface area contributed by atoms with E-state index in [-0.39, 0.29) is 42.5 Å². The van der Waals surface area contributed by atoms with Crippen molar-refractivity contribution in [2.45, 2.75) is 57.7 Å². The molecule has 3 aliphatic rings. The van der Waals surface area contributed by atoms with Crippen LogP contribution >= 0.6 is 0 Å². The molecule has 2 saturated heterocycles. The van der Waals surface area contributed by atoms with Gasteiger partial charge in [0.15, 0.2) is 0 Å². The molecular formula is C15H24N2O3. The fourth-order valence-electron chi connectivity index (χ4n) is 3.40. The number of piperazine rings is 1. The quantitative estimate of drug-likeness (QED) is 0.833.